The first-order valence-electron chi connectivity index (χ1n) is 9.50. The number of carbonyl (C=O) groups is 2. The summed E-state index contributed by atoms with van der Waals surface area (Å²) in [5.74, 6) is 0.125. The van der Waals surface area contributed by atoms with Crippen molar-refractivity contribution in [2.75, 3.05) is 20.1 Å². The predicted octanol–water partition coefficient (Wildman–Crippen LogP) is 2.44. The third-order valence-corrected chi connectivity index (χ3v) is 5.41. The van der Waals surface area contributed by atoms with Gasteiger partial charge in [-0.1, -0.05) is 19.1 Å². The Labute approximate surface area is 160 Å². The van der Waals surface area contributed by atoms with Gasteiger partial charge in [0.2, 0.25) is 11.8 Å². The molecule has 2 aromatic rings. The van der Waals surface area contributed by atoms with E-state index in [0.29, 0.717) is 13.0 Å². The number of hydrogen-bond donors (Lipinski definition) is 0. The minimum atomic E-state index is -0.115. The van der Waals surface area contributed by atoms with E-state index in [1.54, 1.807) is 15.9 Å². The highest BCUT2D eigenvalue weighted by molar-refractivity contribution is 5.81. The highest BCUT2D eigenvalue weighted by Crippen LogP contribution is 2.25. The van der Waals surface area contributed by atoms with Crippen LogP contribution in [0.3, 0.4) is 0 Å². The highest BCUT2D eigenvalue weighted by atomic mass is 16.2. The molecule has 1 aliphatic rings. The Morgan fingerprint density at radius 2 is 2.04 bits per heavy atom. The fourth-order valence-electron chi connectivity index (χ4n) is 3.58. The number of rotatable bonds is 5. The van der Waals surface area contributed by atoms with Crippen LogP contribution in [0.15, 0.2) is 36.9 Å². The number of aromatic nitrogens is 3. The maximum Gasteiger partial charge on any atom is 0.227 e. The van der Waals surface area contributed by atoms with Crippen molar-refractivity contribution in [1.82, 2.24) is 24.6 Å². The maximum absolute atomic E-state index is 13.0. The topological polar surface area (TPSA) is 71.3 Å². The van der Waals surface area contributed by atoms with Crippen molar-refractivity contribution in [1.29, 1.82) is 0 Å². The molecule has 2 unspecified atom stereocenters. The van der Waals surface area contributed by atoms with E-state index in [1.807, 2.05) is 50.1 Å². The average molecular weight is 369 g/mol. The van der Waals surface area contributed by atoms with Crippen LogP contribution in [0.25, 0.3) is 5.69 Å². The molecule has 1 aromatic heterocycles. The Bertz CT molecular complexity index is 772. The quantitative estimate of drug-likeness (QED) is 0.812. The molecule has 0 spiro atoms. The molecule has 0 saturated carbocycles. The van der Waals surface area contributed by atoms with Gasteiger partial charge in [-0.3, -0.25) is 9.59 Å². The number of benzene rings is 1. The lowest BCUT2D eigenvalue weighted by atomic mass is 9.95. The first kappa shape index (κ1) is 19.1. The fourth-order valence-corrected chi connectivity index (χ4v) is 3.58. The molecule has 0 radical (unpaired) electrons. The Hall–Kier alpha value is -2.70. The van der Waals surface area contributed by atoms with Crippen molar-refractivity contribution in [2.45, 2.75) is 39.2 Å². The molecule has 1 aliphatic heterocycles. The molecule has 0 aliphatic carbocycles. The van der Waals surface area contributed by atoms with Gasteiger partial charge in [-0.25, -0.2) is 9.67 Å². The summed E-state index contributed by atoms with van der Waals surface area (Å²) in [5.41, 5.74) is 1.99. The summed E-state index contributed by atoms with van der Waals surface area (Å²) < 4.78 is 1.70. The van der Waals surface area contributed by atoms with Crippen molar-refractivity contribution >= 4 is 11.8 Å². The number of amides is 2. The van der Waals surface area contributed by atoms with Crippen molar-refractivity contribution < 1.29 is 9.59 Å². The van der Waals surface area contributed by atoms with Crippen LogP contribution in [0.4, 0.5) is 0 Å². The van der Waals surface area contributed by atoms with Crippen LogP contribution in [0.1, 0.15) is 44.7 Å². The van der Waals surface area contributed by atoms with Gasteiger partial charge < -0.3 is 9.80 Å². The molecule has 27 heavy (non-hydrogen) atoms. The molecule has 2 atom stereocenters. The SMILES string of the molecule is CCC(=O)N1CCCC(C(=O)N(C)C(C)c2ccc(-n3cncn3)cc2)C1. The summed E-state index contributed by atoms with van der Waals surface area (Å²) in [6, 6.07) is 7.93. The van der Waals surface area contributed by atoms with Crippen molar-refractivity contribution in [2.24, 2.45) is 5.92 Å². The van der Waals surface area contributed by atoms with Crippen molar-refractivity contribution in [3.63, 3.8) is 0 Å². The first-order chi connectivity index (χ1) is 13.0. The Balaban J connectivity index is 1.66. The van der Waals surface area contributed by atoms with Gasteiger partial charge in [0.05, 0.1) is 17.6 Å². The van der Waals surface area contributed by atoms with E-state index in [4.69, 9.17) is 0 Å². The van der Waals surface area contributed by atoms with Gasteiger partial charge in [-0.2, -0.15) is 5.10 Å². The average Bonchev–Trinajstić information content (AvgIpc) is 3.26. The van der Waals surface area contributed by atoms with Gasteiger partial charge >= 0.3 is 0 Å². The van der Waals surface area contributed by atoms with Gasteiger partial charge in [0, 0.05) is 26.6 Å². The van der Waals surface area contributed by atoms with Crippen molar-refractivity contribution in [3.8, 4) is 5.69 Å². The second-order valence-electron chi connectivity index (χ2n) is 7.09. The number of piperidine rings is 1. The second-order valence-corrected chi connectivity index (χ2v) is 7.09. The monoisotopic (exact) mass is 369 g/mol. The van der Waals surface area contributed by atoms with Crippen LogP contribution in [0.2, 0.25) is 0 Å². The summed E-state index contributed by atoms with van der Waals surface area (Å²) >= 11 is 0. The van der Waals surface area contributed by atoms with Gasteiger partial charge in [0.15, 0.2) is 0 Å². The number of hydrogen-bond acceptors (Lipinski definition) is 4. The fraction of sp³-hybridized carbons (Fsp3) is 0.500. The molecule has 0 bridgehead atoms. The van der Waals surface area contributed by atoms with E-state index >= 15 is 0 Å². The van der Waals surface area contributed by atoms with Gasteiger partial charge in [-0.05, 0) is 37.5 Å². The zero-order chi connectivity index (χ0) is 19.4. The third kappa shape index (κ3) is 4.18. The molecule has 0 N–H and O–H groups in total. The second kappa shape index (κ2) is 8.33. The standard InChI is InChI=1S/C20H27N5O2/c1-4-19(26)24-11-5-6-17(12-24)20(27)23(3)15(2)16-7-9-18(10-8-16)25-14-21-13-22-25/h7-10,13-15,17H,4-6,11-12H2,1-3H3. The summed E-state index contributed by atoms with van der Waals surface area (Å²) in [5, 5.41) is 4.12. The minimum Gasteiger partial charge on any atom is -0.342 e. The summed E-state index contributed by atoms with van der Waals surface area (Å²) in [7, 11) is 1.85. The number of carbonyl (C=O) groups excluding carboxylic acids is 2. The predicted molar refractivity (Wildman–Crippen MR) is 102 cm³/mol. The van der Waals surface area contributed by atoms with Gasteiger partial charge in [0.25, 0.3) is 0 Å². The molecule has 144 valence electrons. The van der Waals surface area contributed by atoms with Crippen LogP contribution in [0, 0.1) is 5.92 Å². The summed E-state index contributed by atoms with van der Waals surface area (Å²) in [4.78, 5) is 32.6. The van der Waals surface area contributed by atoms with E-state index in [-0.39, 0.29) is 23.8 Å². The number of nitrogens with zero attached hydrogens (tertiary/aromatic N) is 5. The molecule has 1 saturated heterocycles. The van der Waals surface area contributed by atoms with Crippen LogP contribution in [-0.4, -0.2) is 56.5 Å². The molecule has 3 rings (SSSR count). The number of likely N-dealkylation sites (tertiary alicyclic amines) is 1. The van der Waals surface area contributed by atoms with Gasteiger partial charge in [0.1, 0.15) is 12.7 Å². The highest BCUT2D eigenvalue weighted by Gasteiger charge is 2.31. The van der Waals surface area contributed by atoms with E-state index < -0.39 is 0 Å². The van der Waals surface area contributed by atoms with Crippen LogP contribution in [0.5, 0.6) is 0 Å². The van der Waals surface area contributed by atoms with Crippen molar-refractivity contribution in [3.05, 3.63) is 42.5 Å². The van der Waals surface area contributed by atoms with Crippen LogP contribution in [-0.2, 0) is 9.59 Å². The lowest BCUT2D eigenvalue weighted by Crippen LogP contribution is -2.46. The normalized spacial score (nSPS) is 18.2. The Kier molecular flexibility index (Phi) is 5.88. The Morgan fingerprint density at radius 3 is 2.67 bits per heavy atom. The van der Waals surface area contributed by atoms with Gasteiger partial charge in [-0.15, -0.1) is 0 Å². The van der Waals surface area contributed by atoms with Crippen LogP contribution < -0.4 is 0 Å². The molecule has 7 heteroatoms. The van der Waals surface area contributed by atoms with Crippen LogP contribution >= 0.6 is 0 Å². The lowest BCUT2D eigenvalue weighted by molar-refractivity contribution is -0.141. The molecular formula is C20H27N5O2. The van der Waals surface area contributed by atoms with E-state index in [0.717, 1.165) is 30.6 Å². The largest absolute Gasteiger partial charge is 0.342 e. The maximum atomic E-state index is 13.0. The Morgan fingerprint density at radius 1 is 1.30 bits per heavy atom. The smallest absolute Gasteiger partial charge is 0.227 e. The summed E-state index contributed by atoms with van der Waals surface area (Å²) in [6.45, 7) is 5.19. The molecule has 2 amide bonds. The zero-order valence-corrected chi connectivity index (χ0v) is 16.2. The van der Waals surface area contributed by atoms with E-state index in [2.05, 4.69) is 10.1 Å². The zero-order valence-electron chi connectivity index (χ0n) is 16.2. The first-order valence-corrected chi connectivity index (χ1v) is 9.50. The van der Waals surface area contributed by atoms with E-state index in [9.17, 15) is 9.59 Å². The lowest BCUT2D eigenvalue weighted by Gasteiger charge is -2.35. The summed E-state index contributed by atoms with van der Waals surface area (Å²) in [6.07, 6.45) is 5.37. The molecular weight excluding hydrogens is 342 g/mol. The minimum absolute atomic E-state index is 0.0421. The van der Waals surface area contributed by atoms with E-state index in [1.165, 1.54) is 6.33 Å². The molecule has 1 aromatic carbocycles. The molecule has 2 heterocycles. The third-order valence-electron chi connectivity index (χ3n) is 5.41. The molecule has 1 fully saturated rings. The molecule has 7 nitrogen and oxygen atoms in total.